The lowest BCUT2D eigenvalue weighted by Crippen LogP contribution is -2.31. The highest BCUT2D eigenvalue weighted by Crippen LogP contribution is 2.07. The van der Waals surface area contributed by atoms with Gasteiger partial charge in [-0.05, 0) is 20.3 Å². The largest absolute Gasteiger partial charge is 0.322 e. The van der Waals surface area contributed by atoms with E-state index in [9.17, 15) is 4.79 Å². The van der Waals surface area contributed by atoms with Crippen LogP contribution < -0.4 is 5.73 Å². The highest BCUT2D eigenvalue weighted by atomic mass is 16.1. The summed E-state index contributed by atoms with van der Waals surface area (Å²) in [6.45, 7) is 5.90. The molecule has 5 heteroatoms. The minimum atomic E-state index is -0.387. The Balaban J connectivity index is 2.72. The molecule has 1 heterocycles. The second kappa shape index (κ2) is 5.02. The second-order valence-electron chi connectivity index (χ2n) is 3.87. The van der Waals surface area contributed by atoms with Crippen LogP contribution in [0.5, 0.6) is 0 Å². The van der Waals surface area contributed by atoms with E-state index in [4.69, 9.17) is 5.73 Å². The quantitative estimate of drug-likeness (QED) is 0.776. The molecule has 0 saturated carbocycles. The SMILES string of the molecule is CCC(N)C(=O)Cc1ncnn1C(C)C. The van der Waals surface area contributed by atoms with E-state index in [1.807, 2.05) is 20.8 Å². The van der Waals surface area contributed by atoms with Gasteiger partial charge in [0, 0.05) is 6.04 Å². The van der Waals surface area contributed by atoms with Crippen molar-refractivity contribution >= 4 is 5.78 Å². The number of aromatic nitrogens is 3. The monoisotopic (exact) mass is 210 g/mol. The Morgan fingerprint density at radius 2 is 2.27 bits per heavy atom. The maximum Gasteiger partial charge on any atom is 0.157 e. The lowest BCUT2D eigenvalue weighted by molar-refractivity contribution is -0.119. The molecule has 1 aromatic heterocycles. The molecule has 0 aliphatic heterocycles. The van der Waals surface area contributed by atoms with Gasteiger partial charge in [-0.1, -0.05) is 6.92 Å². The third-order valence-electron chi connectivity index (χ3n) is 2.32. The molecule has 1 atom stereocenters. The van der Waals surface area contributed by atoms with Crippen molar-refractivity contribution in [2.45, 2.75) is 45.7 Å². The van der Waals surface area contributed by atoms with Crippen LogP contribution in [0.2, 0.25) is 0 Å². The predicted molar refractivity (Wildman–Crippen MR) is 57.4 cm³/mol. The fraction of sp³-hybridized carbons (Fsp3) is 0.700. The van der Waals surface area contributed by atoms with E-state index in [1.54, 1.807) is 4.68 Å². The van der Waals surface area contributed by atoms with Crippen LogP contribution in [-0.2, 0) is 11.2 Å². The van der Waals surface area contributed by atoms with E-state index in [-0.39, 0.29) is 24.3 Å². The molecule has 0 aliphatic rings. The van der Waals surface area contributed by atoms with Crippen molar-refractivity contribution < 1.29 is 4.79 Å². The van der Waals surface area contributed by atoms with E-state index < -0.39 is 0 Å². The Morgan fingerprint density at radius 3 is 2.80 bits per heavy atom. The van der Waals surface area contributed by atoms with Crippen molar-refractivity contribution in [3.05, 3.63) is 12.2 Å². The Bertz CT molecular complexity index is 332. The molecule has 2 N–H and O–H groups in total. The van der Waals surface area contributed by atoms with Crippen molar-refractivity contribution in [3.63, 3.8) is 0 Å². The number of carbonyl (C=O) groups is 1. The Hall–Kier alpha value is -1.23. The molecule has 1 unspecified atom stereocenters. The first-order chi connectivity index (χ1) is 7.06. The lowest BCUT2D eigenvalue weighted by atomic mass is 10.1. The fourth-order valence-corrected chi connectivity index (χ4v) is 1.35. The van der Waals surface area contributed by atoms with Crippen molar-refractivity contribution in [2.24, 2.45) is 5.73 Å². The van der Waals surface area contributed by atoms with Gasteiger partial charge in [-0.25, -0.2) is 9.67 Å². The normalized spacial score (nSPS) is 13.1. The van der Waals surface area contributed by atoms with E-state index >= 15 is 0 Å². The van der Waals surface area contributed by atoms with E-state index in [0.29, 0.717) is 12.2 Å². The van der Waals surface area contributed by atoms with Crippen molar-refractivity contribution in [3.8, 4) is 0 Å². The molecule has 0 saturated heterocycles. The molecule has 0 aliphatic carbocycles. The number of Topliss-reactive ketones (excluding diaryl/α,β-unsaturated/α-hetero) is 1. The molecular weight excluding hydrogens is 192 g/mol. The van der Waals surface area contributed by atoms with Gasteiger partial charge in [0.15, 0.2) is 5.78 Å². The molecule has 1 aromatic rings. The fourth-order valence-electron chi connectivity index (χ4n) is 1.35. The van der Waals surface area contributed by atoms with Crippen LogP contribution in [0.1, 0.15) is 39.1 Å². The van der Waals surface area contributed by atoms with Crippen LogP contribution in [0.4, 0.5) is 0 Å². The summed E-state index contributed by atoms with van der Waals surface area (Å²) in [6, 6.07) is -0.171. The standard InChI is InChI=1S/C10H18N4O/c1-4-8(11)9(15)5-10-12-6-13-14(10)7(2)3/h6-8H,4-5,11H2,1-3H3. The third-order valence-corrected chi connectivity index (χ3v) is 2.32. The Morgan fingerprint density at radius 1 is 1.60 bits per heavy atom. The summed E-state index contributed by atoms with van der Waals surface area (Å²) in [5.41, 5.74) is 5.65. The highest BCUT2D eigenvalue weighted by molar-refractivity contribution is 5.85. The smallest absolute Gasteiger partial charge is 0.157 e. The van der Waals surface area contributed by atoms with Crippen LogP contribution in [0.25, 0.3) is 0 Å². The zero-order valence-corrected chi connectivity index (χ0v) is 9.47. The zero-order valence-electron chi connectivity index (χ0n) is 9.47. The van der Waals surface area contributed by atoms with Gasteiger partial charge < -0.3 is 5.73 Å². The van der Waals surface area contributed by atoms with Crippen LogP contribution in [0, 0.1) is 0 Å². The maximum atomic E-state index is 11.6. The summed E-state index contributed by atoms with van der Waals surface area (Å²) in [5, 5.41) is 4.07. The molecule has 0 aromatic carbocycles. The molecule has 1 rings (SSSR count). The second-order valence-corrected chi connectivity index (χ2v) is 3.87. The van der Waals surface area contributed by atoms with Crippen LogP contribution >= 0.6 is 0 Å². The lowest BCUT2D eigenvalue weighted by Gasteiger charge is -2.10. The molecule has 0 radical (unpaired) electrons. The number of carbonyl (C=O) groups excluding carboxylic acids is 1. The van der Waals surface area contributed by atoms with Gasteiger partial charge in [-0.15, -0.1) is 0 Å². The van der Waals surface area contributed by atoms with Gasteiger partial charge in [0.25, 0.3) is 0 Å². The summed E-state index contributed by atoms with van der Waals surface area (Å²) < 4.78 is 1.75. The molecule has 0 bridgehead atoms. The van der Waals surface area contributed by atoms with Crippen LogP contribution in [0.15, 0.2) is 6.33 Å². The predicted octanol–water partition coefficient (Wildman–Crippen LogP) is 0.708. The van der Waals surface area contributed by atoms with E-state index in [0.717, 1.165) is 0 Å². The first kappa shape index (κ1) is 11.8. The van der Waals surface area contributed by atoms with Gasteiger partial charge in [-0.2, -0.15) is 5.10 Å². The minimum Gasteiger partial charge on any atom is -0.322 e. The molecule has 0 amide bonds. The third kappa shape index (κ3) is 2.86. The van der Waals surface area contributed by atoms with E-state index in [2.05, 4.69) is 10.1 Å². The average molecular weight is 210 g/mol. The average Bonchev–Trinajstić information content (AvgIpc) is 2.64. The van der Waals surface area contributed by atoms with Crippen molar-refractivity contribution in [2.75, 3.05) is 0 Å². The van der Waals surface area contributed by atoms with Crippen molar-refractivity contribution in [1.82, 2.24) is 14.8 Å². The molecule has 0 fully saturated rings. The summed E-state index contributed by atoms with van der Waals surface area (Å²) in [7, 11) is 0. The zero-order chi connectivity index (χ0) is 11.4. The van der Waals surface area contributed by atoms with Crippen LogP contribution in [0.3, 0.4) is 0 Å². The number of nitrogens with two attached hydrogens (primary N) is 1. The summed E-state index contributed by atoms with van der Waals surface area (Å²) in [5.74, 6) is 0.714. The van der Waals surface area contributed by atoms with Gasteiger partial charge in [0.05, 0.1) is 12.5 Å². The molecule has 0 spiro atoms. The topological polar surface area (TPSA) is 73.8 Å². The molecule has 15 heavy (non-hydrogen) atoms. The Kier molecular flexibility index (Phi) is 3.96. The first-order valence-electron chi connectivity index (χ1n) is 5.23. The minimum absolute atomic E-state index is 0.0207. The number of hydrogen-bond donors (Lipinski definition) is 1. The van der Waals surface area contributed by atoms with Crippen LogP contribution in [-0.4, -0.2) is 26.6 Å². The molecule has 84 valence electrons. The summed E-state index contributed by atoms with van der Waals surface area (Å²) in [6.07, 6.45) is 2.40. The molecular formula is C10H18N4O. The van der Waals surface area contributed by atoms with Gasteiger partial charge in [0.1, 0.15) is 12.2 Å². The number of rotatable bonds is 5. The maximum absolute atomic E-state index is 11.6. The summed E-state index contributed by atoms with van der Waals surface area (Å²) >= 11 is 0. The van der Waals surface area contributed by atoms with Gasteiger partial charge in [0.2, 0.25) is 0 Å². The van der Waals surface area contributed by atoms with Crippen molar-refractivity contribution in [1.29, 1.82) is 0 Å². The summed E-state index contributed by atoms with van der Waals surface area (Å²) in [4.78, 5) is 15.7. The Labute approximate surface area is 89.7 Å². The highest BCUT2D eigenvalue weighted by Gasteiger charge is 2.16. The van der Waals surface area contributed by atoms with E-state index in [1.165, 1.54) is 6.33 Å². The number of hydrogen-bond acceptors (Lipinski definition) is 4. The molecule has 5 nitrogen and oxygen atoms in total. The van der Waals surface area contributed by atoms with Gasteiger partial charge in [-0.3, -0.25) is 4.79 Å². The number of ketones is 1. The first-order valence-corrected chi connectivity index (χ1v) is 5.23. The number of nitrogens with zero attached hydrogens (tertiary/aromatic N) is 3. The van der Waals surface area contributed by atoms with Gasteiger partial charge >= 0.3 is 0 Å².